The maximum absolute atomic E-state index is 13.5. The molecular formula is C22H15BrCl2N2O2. The normalized spacial score (nSPS) is 16.0. The van der Waals surface area contributed by atoms with E-state index >= 15 is 0 Å². The lowest BCUT2D eigenvalue weighted by atomic mass is 9.95. The van der Waals surface area contributed by atoms with Crippen LogP contribution in [-0.4, -0.2) is 23.3 Å². The molecule has 29 heavy (non-hydrogen) atoms. The number of anilines is 1. The van der Waals surface area contributed by atoms with E-state index in [0.717, 1.165) is 15.6 Å². The zero-order valence-electron chi connectivity index (χ0n) is 15.0. The van der Waals surface area contributed by atoms with E-state index in [1.165, 1.54) is 4.90 Å². The number of nitrogens with one attached hydrogen (secondary N) is 1. The van der Waals surface area contributed by atoms with Gasteiger partial charge < -0.3 is 10.2 Å². The fraction of sp³-hybridized carbons (Fsp3) is 0.0909. The van der Waals surface area contributed by atoms with Crippen molar-refractivity contribution >= 4 is 56.6 Å². The second-order valence-electron chi connectivity index (χ2n) is 6.65. The quantitative estimate of drug-likeness (QED) is 0.484. The minimum absolute atomic E-state index is 0.118. The number of halogens is 3. The molecule has 3 aromatic rings. The SMILES string of the molecule is O=C1CN(C(=O)c2cccc(Cl)c2)[C@H](c2ccccc2Cl)c2cc(Br)ccc2N1. The predicted molar refractivity (Wildman–Crippen MR) is 119 cm³/mol. The number of fused-ring (bicyclic) bond motifs is 1. The van der Waals surface area contributed by atoms with E-state index in [2.05, 4.69) is 21.2 Å². The lowest BCUT2D eigenvalue weighted by Crippen LogP contribution is -2.39. The van der Waals surface area contributed by atoms with Crippen LogP contribution in [0, 0.1) is 0 Å². The van der Waals surface area contributed by atoms with Gasteiger partial charge in [-0.25, -0.2) is 0 Å². The number of hydrogen-bond acceptors (Lipinski definition) is 2. The Bertz CT molecular complexity index is 1120. The Morgan fingerprint density at radius 2 is 1.79 bits per heavy atom. The molecular weight excluding hydrogens is 475 g/mol. The standard InChI is InChI=1S/C22H15BrCl2N2O2/c23-14-8-9-19-17(11-14)21(16-6-1-2-7-18(16)25)27(12-20(28)26-19)22(29)13-4-3-5-15(24)10-13/h1-11,21H,12H2,(H,26,28)/t21-/m1/s1. The van der Waals surface area contributed by atoms with Gasteiger partial charge in [0.2, 0.25) is 5.91 Å². The highest BCUT2D eigenvalue weighted by Crippen LogP contribution is 2.40. The van der Waals surface area contributed by atoms with E-state index in [-0.39, 0.29) is 18.4 Å². The molecule has 7 heteroatoms. The monoisotopic (exact) mass is 488 g/mol. The van der Waals surface area contributed by atoms with Crippen molar-refractivity contribution in [3.8, 4) is 0 Å². The van der Waals surface area contributed by atoms with Gasteiger partial charge >= 0.3 is 0 Å². The lowest BCUT2D eigenvalue weighted by Gasteiger charge is -2.31. The highest BCUT2D eigenvalue weighted by molar-refractivity contribution is 9.10. The zero-order valence-corrected chi connectivity index (χ0v) is 18.1. The van der Waals surface area contributed by atoms with Crippen molar-refractivity contribution in [3.63, 3.8) is 0 Å². The molecule has 1 atom stereocenters. The summed E-state index contributed by atoms with van der Waals surface area (Å²) in [5, 5.41) is 3.86. The smallest absolute Gasteiger partial charge is 0.255 e. The molecule has 2 amide bonds. The maximum atomic E-state index is 13.5. The van der Waals surface area contributed by atoms with Crippen molar-refractivity contribution in [1.29, 1.82) is 0 Å². The first-order valence-electron chi connectivity index (χ1n) is 8.84. The zero-order chi connectivity index (χ0) is 20.5. The van der Waals surface area contributed by atoms with Crippen molar-refractivity contribution in [2.45, 2.75) is 6.04 Å². The molecule has 1 N–H and O–H groups in total. The number of benzene rings is 3. The van der Waals surface area contributed by atoms with E-state index in [0.29, 0.717) is 21.3 Å². The van der Waals surface area contributed by atoms with Gasteiger partial charge in [0.1, 0.15) is 6.54 Å². The van der Waals surface area contributed by atoms with Crippen LogP contribution in [0.1, 0.15) is 27.5 Å². The molecule has 146 valence electrons. The molecule has 0 saturated heterocycles. The molecule has 0 spiro atoms. The molecule has 0 aromatic heterocycles. The third-order valence-electron chi connectivity index (χ3n) is 4.74. The topological polar surface area (TPSA) is 49.4 Å². The molecule has 4 rings (SSSR count). The fourth-order valence-corrected chi connectivity index (χ4v) is 4.29. The number of carbonyl (C=O) groups excluding carboxylic acids is 2. The van der Waals surface area contributed by atoms with E-state index in [4.69, 9.17) is 23.2 Å². The summed E-state index contributed by atoms with van der Waals surface area (Å²) < 4.78 is 0.833. The number of hydrogen-bond donors (Lipinski definition) is 1. The van der Waals surface area contributed by atoms with Gasteiger partial charge in [-0.15, -0.1) is 0 Å². The van der Waals surface area contributed by atoms with Crippen molar-refractivity contribution in [1.82, 2.24) is 4.90 Å². The largest absolute Gasteiger partial charge is 0.324 e. The minimum atomic E-state index is -0.554. The first-order valence-corrected chi connectivity index (χ1v) is 10.4. The van der Waals surface area contributed by atoms with Crippen LogP contribution in [0.2, 0.25) is 10.0 Å². The van der Waals surface area contributed by atoms with Gasteiger partial charge in [-0.05, 0) is 48.0 Å². The van der Waals surface area contributed by atoms with Crippen LogP contribution in [0.4, 0.5) is 5.69 Å². The van der Waals surface area contributed by atoms with E-state index in [1.54, 1.807) is 30.3 Å². The third kappa shape index (κ3) is 4.04. The summed E-state index contributed by atoms with van der Waals surface area (Å²) in [5.74, 6) is -0.584. The van der Waals surface area contributed by atoms with E-state index in [1.807, 2.05) is 36.4 Å². The summed E-state index contributed by atoms with van der Waals surface area (Å²) in [7, 11) is 0. The number of amides is 2. The van der Waals surface area contributed by atoms with Crippen LogP contribution in [0.25, 0.3) is 0 Å². The van der Waals surface area contributed by atoms with E-state index < -0.39 is 6.04 Å². The second kappa shape index (κ2) is 8.19. The van der Waals surface area contributed by atoms with Crippen LogP contribution in [0.5, 0.6) is 0 Å². The van der Waals surface area contributed by atoms with Gasteiger partial charge in [0.15, 0.2) is 0 Å². The Kier molecular flexibility index (Phi) is 5.63. The molecule has 0 bridgehead atoms. The molecule has 0 radical (unpaired) electrons. The number of carbonyl (C=O) groups is 2. The first-order chi connectivity index (χ1) is 13.9. The van der Waals surface area contributed by atoms with Crippen LogP contribution in [0.15, 0.2) is 71.2 Å². The Labute approximate surface area is 186 Å². The van der Waals surface area contributed by atoms with Gasteiger partial charge in [-0.2, -0.15) is 0 Å². The molecule has 0 aliphatic carbocycles. The molecule has 4 nitrogen and oxygen atoms in total. The van der Waals surface area contributed by atoms with Crippen LogP contribution < -0.4 is 5.32 Å². The van der Waals surface area contributed by atoms with Crippen molar-refractivity contribution in [2.75, 3.05) is 11.9 Å². The Morgan fingerprint density at radius 3 is 2.55 bits per heavy atom. The van der Waals surface area contributed by atoms with Gasteiger partial charge in [0, 0.05) is 31.3 Å². The van der Waals surface area contributed by atoms with Gasteiger partial charge in [0.05, 0.1) is 6.04 Å². The molecule has 1 aliphatic heterocycles. The highest BCUT2D eigenvalue weighted by atomic mass is 79.9. The molecule has 0 fully saturated rings. The first kappa shape index (κ1) is 20.0. The molecule has 0 unspecified atom stereocenters. The molecule has 3 aromatic carbocycles. The Hall–Kier alpha value is -2.34. The van der Waals surface area contributed by atoms with Crippen molar-refractivity contribution in [2.24, 2.45) is 0 Å². The van der Waals surface area contributed by atoms with Gasteiger partial charge in [-0.3, -0.25) is 9.59 Å². The Morgan fingerprint density at radius 1 is 1.00 bits per heavy atom. The lowest BCUT2D eigenvalue weighted by molar-refractivity contribution is -0.117. The number of nitrogens with zero attached hydrogens (tertiary/aromatic N) is 1. The highest BCUT2D eigenvalue weighted by Gasteiger charge is 2.35. The molecule has 1 aliphatic rings. The molecule has 1 heterocycles. The summed E-state index contributed by atoms with van der Waals surface area (Å²) in [5.41, 5.74) is 2.56. The minimum Gasteiger partial charge on any atom is -0.324 e. The van der Waals surface area contributed by atoms with Gasteiger partial charge in [0.25, 0.3) is 5.91 Å². The van der Waals surface area contributed by atoms with Crippen LogP contribution in [-0.2, 0) is 4.79 Å². The summed E-state index contributed by atoms with van der Waals surface area (Å²) in [6, 6.07) is 19.0. The summed E-state index contributed by atoms with van der Waals surface area (Å²) in [4.78, 5) is 27.6. The molecule has 0 saturated carbocycles. The number of rotatable bonds is 2. The van der Waals surface area contributed by atoms with Crippen LogP contribution in [0.3, 0.4) is 0 Å². The predicted octanol–water partition coefficient (Wildman–Crippen LogP) is 5.94. The van der Waals surface area contributed by atoms with Crippen molar-refractivity contribution < 1.29 is 9.59 Å². The van der Waals surface area contributed by atoms with Crippen molar-refractivity contribution in [3.05, 3.63) is 97.9 Å². The van der Waals surface area contributed by atoms with E-state index in [9.17, 15) is 9.59 Å². The van der Waals surface area contributed by atoms with Crippen LogP contribution >= 0.6 is 39.1 Å². The van der Waals surface area contributed by atoms with Gasteiger partial charge in [-0.1, -0.05) is 63.4 Å². The summed E-state index contributed by atoms with van der Waals surface area (Å²) >= 11 is 16.1. The maximum Gasteiger partial charge on any atom is 0.255 e. The second-order valence-corrected chi connectivity index (χ2v) is 8.41. The Balaban J connectivity index is 1.93. The fourth-order valence-electron chi connectivity index (χ4n) is 3.49. The average Bonchev–Trinajstić information content (AvgIpc) is 2.83. The third-order valence-corrected chi connectivity index (χ3v) is 5.81. The summed E-state index contributed by atoms with van der Waals surface area (Å²) in [6.07, 6.45) is 0. The summed E-state index contributed by atoms with van der Waals surface area (Å²) in [6.45, 7) is -0.118. The average molecular weight is 490 g/mol.